The standard InChI is InChI=1S/C7H13N3O/c1-2-4-9-6-7(11)10-5-3-8/h1,9H,3-6,8H2,(H,10,11). The summed E-state index contributed by atoms with van der Waals surface area (Å²) in [5.74, 6) is 2.29. The van der Waals surface area contributed by atoms with Crippen molar-refractivity contribution in [1.29, 1.82) is 0 Å². The van der Waals surface area contributed by atoms with Crippen LogP contribution in [-0.2, 0) is 4.79 Å². The number of nitrogens with one attached hydrogen (secondary N) is 2. The first kappa shape index (κ1) is 9.95. The molecular weight excluding hydrogens is 142 g/mol. The lowest BCUT2D eigenvalue weighted by Crippen LogP contribution is -2.36. The molecule has 0 saturated heterocycles. The molecule has 0 saturated carbocycles. The quantitative estimate of drug-likeness (QED) is 0.327. The van der Waals surface area contributed by atoms with Crippen LogP contribution < -0.4 is 16.4 Å². The number of nitrogens with two attached hydrogens (primary N) is 1. The molecule has 62 valence electrons. The van der Waals surface area contributed by atoms with Crippen LogP contribution in [0.1, 0.15) is 0 Å². The van der Waals surface area contributed by atoms with Gasteiger partial charge in [0.2, 0.25) is 5.91 Å². The molecule has 0 spiro atoms. The number of hydrogen-bond donors (Lipinski definition) is 3. The zero-order valence-corrected chi connectivity index (χ0v) is 6.39. The van der Waals surface area contributed by atoms with E-state index in [-0.39, 0.29) is 12.5 Å². The van der Waals surface area contributed by atoms with Gasteiger partial charge in [-0.15, -0.1) is 6.42 Å². The molecule has 0 aromatic heterocycles. The molecule has 11 heavy (non-hydrogen) atoms. The van der Waals surface area contributed by atoms with E-state index in [0.717, 1.165) is 0 Å². The number of hydrogen-bond acceptors (Lipinski definition) is 3. The largest absolute Gasteiger partial charge is 0.354 e. The molecule has 0 bridgehead atoms. The summed E-state index contributed by atoms with van der Waals surface area (Å²) in [6, 6.07) is 0. The van der Waals surface area contributed by atoms with Crippen LogP contribution in [-0.4, -0.2) is 32.1 Å². The second kappa shape index (κ2) is 7.06. The van der Waals surface area contributed by atoms with E-state index in [1.807, 2.05) is 0 Å². The summed E-state index contributed by atoms with van der Waals surface area (Å²) in [6.07, 6.45) is 4.95. The minimum atomic E-state index is -0.0781. The van der Waals surface area contributed by atoms with E-state index in [1.165, 1.54) is 0 Å². The van der Waals surface area contributed by atoms with Gasteiger partial charge in [0.05, 0.1) is 13.1 Å². The zero-order valence-electron chi connectivity index (χ0n) is 6.39. The van der Waals surface area contributed by atoms with Crippen molar-refractivity contribution < 1.29 is 4.79 Å². The van der Waals surface area contributed by atoms with Crippen molar-refractivity contribution in [2.24, 2.45) is 5.73 Å². The highest BCUT2D eigenvalue weighted by Crippen LogP contribution is 1.62. The predicted molar refractivity (Wildman–Crippen MR) is 43.8 cm³/mol. The molecule has 0 aliphatic rings. The first-order valence-electron chi connectivity index (χ1n) is 3.42. The Hall–Kier alpha value is -1.05. The summed E-state index contributed by atoms with van der Waals surface area (Å²) in [4.78, 5) is 10.8. The van der Waals surface area contributed by atoms with E-state index in [4.69, 9.17) is 12.2 Å². The van der Waals surface area contributed by atoms with Gasteiger partial charge in [-0.2, -0.15) is 0 Å². The molecule has 4 nitrogen and oxygen atoms in total. The maximum atomic E-state index is 10.8. The van der Waals surface area contributed by atoms with Gasteiger partial charge >= 0.3 is 0 Å². The van der Waals surface area contributed by atoms with Gasteiger partial charge in [-0.25, -0.2) is 0 Å². The molecule has 0 aromatic carbocycles. The molecule has 0 heterocycles. The molecule has 0 unspecified atom stereocenters. The van der Waals surface area contributed by atoms with Gasteiger partial charge in [-0.1, -0.05) is 5.92 Å². The van der Waals surface area contributed by atoms with Gasteiger partial charge in [-0.3, -0.25) is 10.1 Å². The lowest BCUT2D eigenvalue weighted by atomic mass is 10.5. The number of rotatable bonds is 5. The lowest BCUT2D eigenvalue weighted by Gasteiger charge is -2.01. The van der Waals surface area contributed by atoms with E-state index >= 15 is 0 Å². The van der Waals surface area contributed by atoms with Crippen LogP contribution in [0.2, 0.25) is 0 Å². The summed E-state index contributed by atoms with van der Waals surface area (Å²) in [5, 5.41) is 5.35. The highest BCUT2D eigenvalue weighted by molar-refractivity contribution is 5.77. The fourth-order valence-corrected chi connectivity index (χ4v) is 0.522. The van der Waals surface area contributed by atoms with Gasteiger partial charge in [0.1, 0.15) is 0 Å². The second-order valence-corrected chi connectivity index (χ2v) is 1.95. The highest BCUT2D eigenvalue weighted by atomic mass is 16.1. The Labute approximate surface area is 66.5 Å². The van der Waals surface area contributed by atoms with Crippen LogP contribution in [0.4, 0.5) is 0 Å². The molecule has 4 N–H and O–H groups in total. The first-order chi connectivity index (χ1) is 5.31. The monoisotopic (exact) mass is 155 g/mol. The number of amides is 1. The fourth-order valence-electron chi connectivity index (χ4n) is 0.522. The second-order valence-electron chi connectivity index (χ2n) is 1.95. The Morgan fingerprint density at radius 1 is 1.64 bits per heavy atom. The summed E-state index contributed by atoms with van der Waals surface area (Å²) in [7, 11) is 0. The smallest absolute Gasteiger partial charge is 0.234 e. The third-order valence-corrected chi connectivity index (χ3v) is 0.979. The molecule has 0 rings (SSSR count). The average molecular weight is 155 g/mol. The van der Waals surface area contributed by atoms with Gasteiger partial charge in [-0.05, 0) is 0 Å². The van der Waals surface area contributed by atoms with Gasteiger partial charge in [0.15, 0.2) is 0 Å². The van der Waals surface area contributed by atoms with E-state index in [9.17, 15) is 4.79 Å². The molecule has 0 fully saturated rings. The minimum Gasteiger partial charge on any atom is -0.354 e. The predicted octanol–water partition coefficient (Wildman–Crippen LogP) is -1.72. The van der Waals surface area contributed by atoms with Crippen molar-refractivity contribution in [1.82, 2.24) is 10.6 Å². The van der Waals surface area contributed by atoms with Crippen molar-refractivity contribution >= 4 is 5.91 Å². The Morgan fingerprint density at radius 3 is 2.91 bits per heavy atom. The Morgan fingerprint density at radius 2 is 2.36 bits per heavy atom. The average Bonchev–Trinajstić information content (AvgIpc) is 2.01. The first-order valence-corrected chi connectivity index (χ1v) is 3.42. The van der Waals surface area contributed by atoms with Gasteiger partial charge in [0, 0.05) is 13.1 Å². The SMILES string of the molecule is C#CCNCC(=O)NCCN. The van der Waals surface area contributed by atoms with Crippen molar-refractivity contribution in [2.75, 3.05) is 26.2 Å². The third kappa shape index (κ3) is 6.84. The minimum absolute atomic E-state index is 0.0781. The number of carbonyl (C=O) groups is 1. The Balaban J connectivity index is 3.17. The lowest BCUT2D eigenvalue weighted by molar-refractivity contribution is -0.120. The summed E-state index contributed by atoms with van der Waals surface area (Å²) in [6.45, 7) is 1.64. The van der Waals surface area contributed by atoms with Crippen molar-refractivity contribution in [2.45, 2.75) is 0 Å². The van der Waals surface area contributed by atoms with Gasteiger partial charge < -0.3 is 11.1 Å². The zero-order chi connectivity index (χ0) is 8.53. The van der Waals surface area contributed by atoms with E-state index in [2.05, 4.69) is 16.6 Å². The Kier molecular flexibility index (Phi) is 6.39. The van der Waals surface area contributed by atoms with Crippen molar-refractivity contribution in [3.05, 3.63) is 0 Å². The summed E-state index contributed by atoms with van der Waals surface area (Å²) in [5.41, 5.74) is 5.16. The molecule has 4 heteroatoms. The third-order valence-electron chi connectivity index (χ3n) is 0.979. The van der Waals surface area contributed by atoms with Crippen LogP contribution in [0.25, 0.3) is 0 Å². The maximum absolute atomic E-state index is 10.8. The summed E-state index contributed by atoms with van der Waals surface area (Å²) >= 11 is 0. The molecule has 0 aromatic rings. The summed E-state index contributed by atoms with van der Waals surface area (Å²) < 4.78 is 0. The number of carbonyl (C=O) groups excluding carboxylic acids is 1. The number of terminal acetylenes is 1. The van der Waals surface area contributed by atoms with Crippen LogP contribution in [0.3, 0.4) is 0 Å². The van der Waals surface area contributed by atoms with E-state index in [1.54, 1.807) is 0 Å². The molecular formula is C7H13N3O. The Bertz CT molecular complexity index is 150. The topological polar surface area (TPSA) is 67.2 Å². The molecule has 0 aliphatic heterocycles. The molecule has 0 radical (unpaired) electrons. The van der Waals surface area contributed by atoms with Crippen LogP contribution in [0, 0.1) is 12.3 Å². The normalized spacial score (nSPS) is 8.73. The van der Waals surface area contributed by atoms with E-state index in [0.29, 0.717) is 19.6 Å². The van der Waals surface area contributed by atoms with Crippen molar-refractivity contribution in [3.63, 3.8) is 0 Å². The highest BCUT2D eigenvalue weighted by Gasteiger charge is 1.95. The molecule has 0 atom stereocenters. The van der Waals surface area contributed by atoms with Crippen LogP contribution in [0.5, 0.6) is 0 Å². The van der Waals surface area contributed by atoms with E-state index < -0.39 is 0 Å². The maximum Gasteiger partial charge on any atom is 0.234 e. The van der Waals surface area contributed by atoms with Crippen LogP contribution in [0.15, 0.2) is 0 Å². The molecule has 1 amide bonds. The van der Waals surface area contributed by atoms with Crippen molar-refractivity contribution in [3.8, 4) is 12.3 Å². The molecule has 0 aliphatic carbocycles. The fraction of sp³-hybridized carbons (Fsp3) is 0.571. The van der Waals surface area contributed by atoms with Crippen LogP contribution >= 0.6 is 0 Å². The van der Waals surface area contributed by atoms with Gasteiger partial charge in [0.25, 0.3) is 0 Å².